The van der Waals surface area contributed by atoms with E-state index in [0.29, 0.717) is 4.88 Å². The Morgan fingerprint density at radius 1 is 1.16 bits per heavy atom. The highest BCUT2D eigenvalue weighted by molar-refractivity contribution is 7.14. The van der Waals surface area contributed by atoms with E-state index in [1.54, 1.807) is 6.92 Å². The highest BCUT2D eigenvalue weighted by Crippen LogP contribution is 2.30. The number of ether oxygens (including phenoxy) is 1. The van der Waals surface area contributed by atoms with Gasteiger partial charge in [0.15, 0.2) is 6.10 Å². The van der Waals surface area contributed by atoms with Gasteiger partial charge in [-0.3, -0.25) is 4.79 Å². The number of anilines is 1. The molecule has 1 aromatic carbocycles. The number of amides is 1. The van der Waals surface area contributed by atoms with E-state index in [9.17, 15) is 9.59 Å². The number of aryl methyl sites for hydroxylation is 4. The van der Waals surface area contributed by atoms with E-state index in [1.165, 1.54) is 34.6 Å². The molecule has 3 rings (SSSR count). The SMILES string of the molecule is Cc1ccc(NC(=O)[C@H](C)OC(=O)c2cc3c(s2)CCCC3)c(C)c1. The van der Waals surface area contributed by atoms with Gasteiger partial charge in [0.2, 0.25) is 0 Å². The van der Waals surface area contributed by atoms with Gasteiger partial charge in [-0.2, -0.15) is 0 Å². The maximum atomic E-state index is 12.3. The van der Waals surface area contributed by atoms with Crippen LogP contribution < -0.4 is 5.32 Å². The van der Waals surface area contributed by atoms with Crippen molar-refractivity contribution in [1.82, 2.24) is 0 Å². The van der Waals surface area contributed by atoms with Crippen molar-refractivity contribution >= 4 is 28.9 Å². The lowest BCUT2D eigenvalue weighted by Crippen LogP contribution is -2.30. The molecule has 5 heteroatoms. The van der Waals surface area contributed by atoms with E-state index >= 15 is 0 Å². The molecule has 0 fully saturated rings. The van der Waals surface area contributed by atoms with Crippen LogP contribution in [0.4, 0.5) is 5.69 Å². The zero-order valence-electron chi connectivity index (χ0n) is 14.8. The van der Waals surface area contributed by atoms with Crippen LogP contribution in [-0.2, 0) is 22.4 Å². The third-order valence-electron chi connectivity index (χ3n) is 4.49. The molecule has 1 aliphatic rings. The Bertz CT molecular complexity index is 786. The number of fused-ring (bicyclic) bond motifs is 1. The monoisotopic (exact) mass is 357 g/mol. The second-order valence-electron chi connectivity index (χ2n) is 6.62. The quantitative estimate of drug-likeness (QED) is 0.824. The zero-order valence-corrected chi connectivity index (χ0v) is 15.7. The highest BCUT2D eigenvalue weighted by atomic mass is 32.1. The third kappa shape index (κ3) is 4.10. The van der Waals surface area contributed by atoms with Gasteiger partial charge in [-0.1, -0.05) is 17.7 Å². The van der Waals surface area contributed by atoms with Crippen molar-refractivity contribution in [3.63, 3.8) is 0 Å². The van der Waals surface area contributed by atoms with Crippen LogP contribution in [-0.4, -0.2) is 18.0 Å². The summed E-state index contributed by atoms with van der Waals surface area (Å²) >= 11 is 1.50. The van der Waals surface area contributed by atoms with Crippen LogP contribution in [0.15, 0.2) is 24.3 Å². The zero-order chi connectivity index (χ0) is 18.0. The van der Waals surface area contributed by atoms with E-state index in [2.05, 4.69) is 5.32 Å². The summed E-state index contributed by atoms with van der Waals surface area (Å²) in [6.45, 7) is 5.54. The molecule has 4 nitrogen and oxygen atoms in total. The molecule has 1 N–H and O–H groups in total. The summed E-state index contributed by atoms with van der Waals surface area (Å²) in [6, 6.07) is 7.73. The first-order valence-electron chi connectivity index (χ1n) is 8.64. The first kappa shape index (κ1) is 17.7. The molecule has 1 aromatic heterocycles. The summed E-state index contributed by atoms with van der Waals surface area (Å²) in [5.41, 5.74) is 4.12. The van der Waals surface area contributed by atoms with Crippen molar-refractivity contribution in [2.24, 2.45) is 0 Å². The van der Waals surface area contributed by atoms with Gasteiger partial charge in [-0.05, 0) is 69.7 Å². The Hall–Kier alpha value is -2.14. The van der Waals surface area contributed by atoms with Crippen molar-refractivity contribution in [1.29, 1.82) is 0 Å². The minimum atomic E-state index is -0.840. The number of benzene rings is 1. The van der Waals surface area contributed by atoms with Gasteiger partial charge in [0.1, 0.15) is 4.88 Å². The fraction of sp³-hybridized carbons (Fsp3) is 0.400. The predicted molar refractivity (Wildman–Crippen MR) is 100 cm³/mol. The predicted octanol–water partition coefficient (Wildman–Crippen LogP) is 4.43. The molecular formula is C20H23NO3S. The number of rotatable bonds is 4. The fourth-order valence-corrected chi connectivity index (χ4v) is 4.19. The van der Waals surface area contributed by atoms with Crippen LogP contribution in [0.5, 0.6) is 0 Å². The van der Waals surface area contributed by atoms with Crippen LogP contribution >= 0.6 is 11.3 Å². The molecule has 0 aliphatic heterocycles. The second-order valence-corrected chi connectivity index (χ2v) is 7.76. The molecule has 0 spiro atoms. The van der Waals surface area contributed by atoms with Gasteiger partial charge >= 0.3 is 5.97 Å². The molecule has 132 valence electrons. The molecule has 0 radical (unpaired) electrons. The van der Waals surface area contributed by atoms with Crippen molar-refractivity contribution in [3.8, 4) is 0 Å². The van der Waals surface area contributed by atoms with Gasteiger partial charge in [0.25, 0.3) is 5.91 Å². The maximum Gasteiger partial charge on any atom is 0.349 e. The largest absolute Gasteiger partial charge is 0.448 e. The van der Waals surface area contributed by atoms with E-state index in [1.807, 2.05) is 38.1 Å². The third-order valence-corrected chi connectivity index (χ3v) is 5.71. The maximum absolute atomic E-state index is 12.3. The number of carbonyl (C=O) groups is 2. The molecule has 0 unspecified atom stereocenters. The van der Waals surface area contributed by atoms with Gasteiger partial charge < -0.3 is 10.1 Å². The molecule has 2 aromatic rings. The number of esters is 1. The average Bonchev–Trinajstić information content (AvgIpc) is 3.01. The minimum Gasteiger partial charge on any atom is -0.448 e. The van der Waals surface area contributed by atoms with Crippen LogP contribution in [0, 0.1) is 13.8 Å². The lowest BCUT2D eigenvalue weighted by atomic mass is 9.99. The van der Waals surface area contributed by atoms with Gasteiger partial charge in [0, 0.05) is 10.6 Å². The fourth-order valence-electron chi connectivity index (χ4n) is 3.05. The topological polar surface area (TPSA) is 55.4 Å². The van der Waals surface area contributed by atoms with E-state index in [4.69, 9.17) is 4.74 Å². The van der Waals surface area contributed by atoms with Gasteiger partial charge in [-0.25, -0.2) is 4.79 Å². The summed E-state index contributed by atoms with van der Waals surface area (Å²) in [4.78, 5) is 26.6. The van der Waals surface area contributed by atoms with Crippen molar-refractivity contribution in [2.75, 3.05) is 5.32 Å². The Balaban J connectivity index is 1.62. The molecule has 1 atom stereocenters. The minimum absolute atomic E-state index is 0.318. The van der Waals surface area contributed by atoms with Gasteiger partial charge in [-0.15, -0.1) is 11.3 Å². The van der Waals surface area contributed by atoms with Crippen molar-refractivity contribution in [2.45, 2.75) is 52.6 Å². The summed E-state index contributed by atoms with van der Waals surface area (Å²) in [5, 5.41) is 2.83. The molecule has 25 heavy (non-hydrogen) atoms. The first-order valence-corrected chi connectivity index (χ1v) is 9.46. The number of thiophene rings is 1. The standard InChI is InChI=1S/C20H23NO3S/c1-12-8-9-16(13(2)10-12)21-19(22)14(3)24-20(23)18-11-15-6-4-5-7-17(15)25-18/h8-11,14H,4-7H2,1-3H3,(H,21,22)/t14-/m0/s1. The van der Waals surface area contributed by atoms with Crippen LogP contribution in [0.1, 0.15) is 51.0 Å². The average molecular weight is 357 g/mol. The van der Waals surface area contributed by atoms with Crippen molar-refractivity contribution < 1.29 is 14.3 Å². The van der Waals surface area contributed by atoms with E-state index < -0.39 is 12.1 Å². The van der Waals surface area contributed by atoms with Crippen LogP contribution in [0.2, 0.25) is 0 Å². The molecule has 1 amide bonds. The second kappa shape index (κ2) is 7.40. The Kier molecular flexibility index (Phi) is 5.23. The molecular weight excluding hydrogens is 334 g/mol. The van der Waals surface area contributed by atoms with E-state index in [-0.39, 0.29) is 5.91 Å². The highest BCUT2D eigenvalue weighted by Gasteiger charge is 2.23. The summed E-state index contributed by atoms with van der Waals surface area (Å²) in [7, 11) is 0. The van der Waals surface area contributed by atoms with Crippen LogP contribution in [0.3, 0.4) is 0 Å². The molecule has 0 saturated carbocycles. The molecule has 1 aliphatic carbocycles. The van der Waals surface area contributed by atoms with Gasteiger partial charge in [0.05, 0.1) is 0 Å². The normalized spacial score (nSPS) is 14.5. The number of nitrogens with one attached hydrogen (secondary N) is 1. The Morgan fingerprint density at radius 2 is 1.92 bits per heavy atom. The lowest BCUT2D eigenvalue weighted by Gasteiger charge is -2.14. The first-order chi connectivity index (χ1) is 11.9. The Labute approximate surface area is 152 Å². The van der Waals surface area contributed by atoms with Crippen molar-refractivity contribution in [3.05, 3.63) is 50.7 Å². The van der Waals surface area contributed by atoms with E-state index in [0.717, 1.165) is 29.7 Å². The summed E-state index contributed by atoms with van der Waals surface area (Å²) in [5.74, 6) is -0.732. The smallest absolute Gasteiger partial charge is 0.349 e. The molecule has 1 heterocycles. The molecule has 0 saturated heterocycles. The number of hydrogen-bond donors (Lipinski definition) is 1. The lowest BCUT2D eigenvalue weighted by molar-refractivity contribution is -0.123. The summed E-state index contributed by atoms with van der Waals surface area (Å²) < 4.78 is 5.37. The van der Waals surface area contributed by atoms with Crippen LogP contribution in [0.25, 0.3) is 0 Å². The summed E-state index contributed by atoms with van der Waals surface area (Å²) in [6.07, 6.45) is 3.58. The number of hydrogen-bond acceptors (Lipinski definition) is 4. The Morgan fingerprint density at radius 3 is 2.64 bits per heavy atom. The number of carbonyl (C=O) groups excluding carboxylic acids is 2. The molecule has 0 bridgehead atoms.